The molecule has 1 saturated heterocycles. The van der Waals surface area contributed by atoms with Crippen molar-refractivity contribution in [3.63, 3.8) is 0 Å². The fourth-order valence-electron chi connectivity index (χ4n) is 2.58. The average molecular weight is 274 g/mol. The monoisotopic (exact) mass is 274 g/mol. The van der Waals surface area contributed by atoms with Crippen LogP contribution in [0.1, 0.15) is 57.7 Å². The Labute approximate surface area is 122 Å². The van der Waals surface area contributed by atoms with Crippen LogP contribution >= 0.6 is 0 Å². The Hall–Kier alpha value is -1.35. The molecule has 0 radical (unpaired) electrons. The standard InChI is InChI=1S/C17H26N2O/c1-12(19-16(20)15-6-5-11-18-15)13-7-9-14(10-8-13)17(2,3)4/h7-10,12,15,18H,5-6,11H2,1-4H3,(H,19,20). The largest absolute Gasteiger partial charge is 0.348 e. The molecule has 0 aromatic heterocycles. The third-order valence-corrected chi connectivity index (χ3v) is 4.01. The summed E-state index contributed by atoms with van der Waals surface area (Å²) >= 11 is 0. The molecule has 1 amide bonds. The number of nitrogens with one attached hydrogen (secondary N) is 2. The van der Waals surface area contributed by atoms with Crippen LogP contribution in [-0.4, -0.2) is 18.5 Å². The highest BCUT2D eigenvalue weighted by Crippen LogP contribution is 2.24. The quantitative estimate of drug-likeness (QED) is 0.890. The molecule has 0 spiro atoms. The molecule has 2 rings (SSSR count). The summed E-state index contributed by atoms with van der Waals surface area (Å²) in [5.41, 5.74) is 2.64. The number of rotatable bonds is 3. The van der Waals surface area contributed by atoms with E-state index >= 15 is 0 Å². The van der Waals surface area contributed by atoms with Gasteiger partial charge >= 0.3 is 0 Å². The number of hydrogen-bond acceptors (Lipinski definition) is 2. The molecule has 3 heteroatoms. The third kappa shape index (κ3) is 3.60. The Balaban J connectivity index is 1.98. The van der Waals surface area contributed by atoms with E-state index in [0.29, 0.717) is 0 Å². The fourth-order valence-corrected chi connectivity index (χ4v) is 2.58. The van der Waals surface area contributed by atoms with Gasteiger partial charge in [0.1, 0.15) is 0 Å². The lowest BCUT2D eigenvalue weighted by molar-refractivity contribution is -0.123. The van der Waals surface area contributed by atoms with Crippen molar-refractivity contribution in [2.45, 2.75) is 58.0 Å². The van der Waals surface area contributed by atoms with Crippen LogP contribution < -0.4 is 10.6 Å². The van der Waals surface area contributed by atoms with Crippen LogP contribution in [0.25, 0.3) is 0 Å². The van der Waals surface area contributed by atoms with Gasteiger partial charge in [0, 0.05) is 0 Å². The Bertz CT molecular complexity index is 453. The first-order chi connectivity index (χ1) is 9.38. The van der Waals surface area contributed by atoms with Crippen molar-refractivity contribution >= 4 is 5.91 Å². The van der Waals surface area contributed by atoms with E-state index in [1.165, 1.54) is 5.56 Å². The molecular weight excluding hydrogens is 248 g/mol. The molecule has 3 nitrogen and oxygen atoms in total. The maximum absolute atomic E-state index is 12.1. The molecule has 2 unspecified atom stereocenters. The highest BCUT2D eigenvalue weighted by atomic mass is 16.2. The Morgan fingerprint density at radius 3 is 2.45 bits per heavy atom. The molecule has 2 N–H and O–H groups in total. The first kappa shape index (κ1) is 15.0. The Morgan fingerprint density at radius 2 is 1.95 bits per heavy atom. The van der Waals surface area contributed by atoms with Crippen molar-refractivity contribution in [3.8, 4) is 0 Å². The van der Waals surface area contributed by atoms with E-state index in [2.05, 4.69) is 55.7 Å². The summed E-state index contributed by atoms with van der Waals surface area (Å²) in [4.78, 5) is 12.1. The minimum absolute atomic E-state index is 0.00806. The lowest BCUT2D eigenvalue weighted by Gasteiger charge is -2.21. The molecule has 110 valence electrons. The summed E-state index contributed by atoms with van der Waals surface area (Å²) in [5.74, 6) is 0.120. The van der Waals surface area contributed by atoms with Crippen LogP contribution in [0.4, 0.5) is 0 Å². The second-order valence-corrected chi connectivity index (χ2v) is 6.75. The Morgan fingerprint density at radius 1 is 1.30 bits per heavy atom. The lowest BCUT2D eigenvalue weighted by Crippen LogP contribution is -2.41. The van der Waals surface area contributed by atoms with Crippen LogP contribution in [0.3, 0.4) is 0 Å². The van der Waals surface area contributed by atoms with Crippen LogP contribution in [0.15, 0.2) is 24.3 Å². The minimum Gasteiger partial charge on any atom is -0.348 e. The maximum Gasteiger partial charge on any atom is 0.237 e. The highest BCUT2D eigenvalue weighted by Gasteiger charge is 2.23. The topological polar surface area (TPSA) is 41.1 Å². The lowest BCUT2D eigenvalue weighted by atomic mass is 9.86. The number of carbonyl (C=O) groups is 1. The van der Waals surface area contributed by atoms with Gasteiger partial charge in [-0.1, -0.05) is 45.0 Å². The van der Waals surface area contributed by atoms with Crippen molar-refractivity contribution in [2.75, 3.05) is 6.54 Å². The zero-order valence-electron chi connectivity index (χ0n) is 13.0. The van der Waals surface area contributed by atoms with Gasteiger partial charge in [-0.2, -0.15) is 0 Å². The van der Waals surface area contributed by atoms with Gasteiger partial charge in [0.25, 0.3) is 0 Å². The molecule has 0 aliphatic carbocycles. The predicted octanol–water partition coefficient (Wildman–Crippen LogP) is 2.91. The van der Waals surface area contributed by atoms with Gasteiger partial charge in [-0.05, 0) is 42.9 Å². The molecule has 2 atom stereocenters. The van der Waals surface area contributed by atoms with E-state index in [9.17, 15) is 4.79 Å². The zero-order chi connectivity index (χ0) is 14.8. The molecule has 1 aromatic rings. The molecule has 1 aliphatic rings. The predicted molar refractivity (Wildman–Crippen MR) is 82.7 cm³/mol. The maximum atomic E-state index is 12.1. The van der Waals surface area contributed by atoms with E-state index in [-0.39, 0.29) is 23.4 Å². The third-order valence-electron chi connectivity index (χ3n) is 4.01. The molecule has 1 aromatic carbocycles. The molecule has 0 bridgehead atoms. The molecule has 20 heavy (non-hydrogen) atoms. The van der Waals surface area contributed by atoms with Crippen molar-refractivity contribution in [1.82, 2.24) is 10.6 Å². The summed E-state index contributed by atoms with van der Waals surface area (Å²) in [6, 6.07) is 8.60. The van der Waals surface area contributed by atoms with Gasteiger partial charge in [0.05, 0.1) is 12.1 Å². The number of hydrogen-bond donors (Lipinski definition) is 2. The van der Waals surface area contributed by atoms with Gasteiger partial charge in [0.15, 0.2) is 0 Å². The van der Waals surface area contributed by atoms with Gasteiger partial charge in [-0.15, -0.1) is 0 Å². The van der Waals surface area contributed by atoms with E-state index in [1.54, 1.807) is 0 Å². The Kier molecular flexibility index (Phi) is 4.48. The average Bonchev–Trinajstić information content (AvgIpc) is 2.91. The van der Waals surface area contributed by atoms with Gasteiger partial charge in [0.2, 0.25) is 5.91 Å². The number of amides is 1. The number of benzene rings is 1. The summed E-state index contributed by atoms with van der Waals surface area (Å²) < 4.78 is 0. The second kappa shape index (κ2) is 5.96. The van der Waals surface area contributed by atoms with Crippen molar-refractivity contribution in [3.05, 3.63) is 35.4 Å². The smallest absolute Gasteiger partial charge is 0.237 e. The van der Waals surface area contributed by atoms with Crippen LogP contribution in [0.5, 0.6) is 0 Å². The van der Waals surface area contributed by atoms with E-state index in [4.69, 9.17) is 0 Å². The first-order valence-electron chi connectivity index (χ1n) is 7.52. The van der Waals surface area contributed by atoms with Gasteiger partial charge < -0.3 is 10.6 Å². The van der Waals surface area contributed by atoms with Crippen LogP contribution in [0, 0.1) is 0 Å². The molecular formula is C17H26N2O. The zero-order valence-corrected chi connectivity index (χ0v) is 13.0. The van der Waals surface area contributed by atoms with Gasteiger partial charge in [-0.25, -0.2) is 0 Å². The molecule has 1 fully saturated rings. The van der Waals surface area contributed by atoms with E-state index in [0.717, 1.165) is 24.9 Å². The van der Waals surface area contributed by atoms with E-state index in [1.807, 2.05) is 6.92 Å². The first-order valence-corrected chi connectivity index (χ1v) is 7.52. The minimum atomic E-state index is -0.00806. The van der Waals surface area contributed by atoms with Crippen LogP contribution in [-0.2, 0) is 10.2 Å². The van der Waals surface area contributed by atoms with Crippen LogP contribution in [0.2, 0.25) is 0 Å². The molecule has 1 aliphatic heterocycles. The van der Waals surface area contributed by atoms with Crippen molar-refractivity contribution in [2.24, 2.45) is 0 Å². The molecule has 1 heterocycles. The van der Waals surface area contributed by atoms with E-state index < -0.39 is 0 Å². The van der Waals surface area contributed by atoms with Gasteiger partial charge in [-0.3, -0.25) is 4.79 Å². The summed E-state index contributed by atoms with van der Waals surface area (Å²) in [6.45, 7) is 9.61. The number of carbonyl (C=O) groups excluding carboxylic acids is 1. The normalized spacial score (nSPS) is 20.7. The second-order valence-electron chi connectivity index (χ2n) is 6.75. The highest BCUT2D eigenvalue weighted by molar-refractivity contribution is 5.82. The summed E-state index contributed by atoms with van der Waals surface area (Å²) in [7, 11) is 0. The summed E-state index contributed by atoms with van der Waals surface area (Å²) in [5, 5.41) is 6.33. The fraction of sp³-hybridized carbons (Fsp3) is 0.588. The molecule has 0 saturated carbocycles. The van der Waals surface area contributed by atoms with Crippen molar-refractivity contribution in [1.29, 1.82) is 0 Å². The SMILES string of the molecule is CC(NC(=O)C1CCCN1)c1ccc(C(C)(C)C)cc1. The van der Waals surface area contributed by atoms with Crippen molar-refractivity contribution < 1.29 is 4.79 Å². The summed E-state index contributed by atoms with van der Waals surface area (Å²) in [6.07, 6.45) is 2.04.